The first-order valence-corrected chi connectivity index (χ1v) is 9.89. The number of rotatable bonds is 6. The molecule has 1 aromatic heterocycles. The molecule has 1 saturated carbocycles. The molecule has 3 aromatic rings. The monoisotopic (exact) mass is 421 g/mol. The van der Waals surface area contributed by atoms with Gasteiger partial charge in [0.1, 0.15) is 16.9 Å². The number of carboxylic acids is 1. The van der Waals surface area contributed by atoms with Gasteiger partial charge in [-0.05, 0) is 54.7 Å². The van der Waals surface area contributed by atoms with Crippen LogP contribution in [0.4, 0.5) is 5.69 Å². The van der Waals surface area contributed by atoms with Crippen LogP contribution in [-0.2, 0) is 15.6 Å². The molecular weight excluding hydrogens is 406 g/mol. The minimum absolute atomic E-state index is 0.0695. The third kappa shape index (κ3) is 3.51. The maximum atomic E-state index is 12.0. The minimum Gasteiger partial charge on any atom is -0.478 e. The number of furan rings is 1. The lowest BCUT2D eigenvalue weighted by Crippen LogP contribution is -2.20. The number of carbonyl (C=O) groups is 1. The van der Waals surface area contributed by atoms with E-state index in [1.54, 1.807) is 36.4 Å². The van der Waals surface area contributed by atoms with Gasteiger partial charge in [0.2, 0.25) is 0 Å². The Morgan fingerprint density at radius 2 is 1.96 bits per heavy atom. The summed E-state index contributed by atoms with van der Waals surface area (Å²) in [5, 5.41) is 12.0. The summed E-state index contributed by atoms with van der Waals surface area (Å²) in [6.45, 7) is 0. The van der Waals surface area contributed by atoms with Gasteiger partial charge in [-0.3, -0.25) is 4.55 Å². The van der Waals surface area contributed by atoms with E-state index >= 15 is 0 Å². The molecule has 1 heterocycles. The Labute approximate surface area is 167 Å². The molecule has 0 aliphatic heterocycles. The summed E-state index contributed by atoms with van der Waals surface area (Å²) in [4.78, 5) is 12.0. The van der Waals surface area contributed by atoms with Crippen LogP contribution in [0.25, 0.3) is 22.3 Å². The molecule has 28 heavy (non-hydrogen) atoms. The average Bonchev–Trinajstić information content (AvgIpc) is 3.40. The minimum atomic E-state index is -2.48. The zero-order valence-electron chi connectivity index (χ0n) is 14.7. The molecule has 0 saturated heterocycles. The molecule has 1 unspecified atom stereocenters. The molecule has 9 heteroatoms. The van der Waals surface area contributed by atoms with E-state index in [1.807, 2.05) is 0 Å². The smallest absolute Gasteiger partial charge is 0.340 e. The Hall–Kier alpha value is -2.39. The lowest BCUT2D eigenvalue weighted by atomic mass is 10.0. The molecule has 2 N–H and O–H groups in total. The first-order valence-electron chi connectivity index (χ1n) is 8.48. The van der Waals surface area contributed by atoms with Gasteiger partial charge in [-0.15, -0.1) is 4.28 Å². The Morgan fingerprint density at radius 1 is 1.29 bits per heavy atom. The second kappa shape index (κ2) is 7.21. The maximum absolute atomic E-state index is 12.0. The fraction of sp³-hybridized carbons (Fsp3) is 0.211. The van der Waals surface area contributed by atoms with Crippen LogP contribution in [0.15, 0.2) is 40.8 Å². The van der Waals surface area contributed by atoms with Crippen molar-refractivity contribution in [1.29, 1.82) is 0 Å². The third-order valence-corrected chi connectivity index (χ3v) is 5.29. The normalized spacial score (nSPS) is 15.0. The Balaban J connectivity index is 1.93. The van der Waals surface area contributed by atoms with Gasteiger partial charge in [-0.25, -0.2) is 9.86 Å². The molecule has 1 fully saturated rings. The van der Waals surface area contributed by atoms with Gasteiger partial charge in [0, 0.05) is 29.1 Å². The second-order valence-corrected chi connectivity index (χ2v) is 7.61. The molecule has 4 rings (SSSR count). The fourth-order valence-corrected chi connectivity index (χ4v) is 3.69. The number of hydrogen-bond acceptors (Lipinski definition) is 5. The van der Waals surface area contributed by atoms with Gasteiger partial charge in [0.05, 0.1) is 5.69 Å². The molecule has 146 valence electrons. The standard InChI is InChI=1S/C19H16ClNO6S/c1-21(27-28(24)25)15-9-16-14(8-13(15)10-2-3-10)17(19(22)23)18(26-16)11-4-6-12(20)7-5-11/h4-10H,2-3H2,1H3,(H,22,23)(H,24,25). The number of hydroxylamine groups is 1. The summed E-state index contributed by atoms with van der Waals surface area (Å²) in [5.74, 6) is -0.625. The van der Waals surface area contributed by atoms with Crippen molar-refractivity contribution in [2.75, 3.05) is 12.1 Å². The van der Waals surface area contributed by atoms with Crippen LogP contribution >= 0.6 is 11.6 Å². The summed E-state index contributed by atoms with van der Waals surface area (Å²) in [6.07, 6.45) is 1.91. The SMILES string of the molecule is CN(OS(=O)O)c1cc2oc(-c3ccc(Cl)cc3)c(C(=O)O)c2cc1C1CC1. The van der Waals surface area contributed by atoms with Crippen LogP contribution in [-0.4, -0.2) is 26.9 Å². The molecule has 7 nitrogen and oxygen atoms in total. The molecule has 0 spiro atoms. The molecule has 0 amide bonds. The van der Waals surface area contributed by atoms with Crippen molar-refractivity contribution in [3.05, 3.63) is 52.5 Å². The zero-order valence-corrected chi connectivity index (χ0v) is 16.3. The highest BCUT2D eigenvalue weighted by Crippen LogP contribution is 2.47. The van der Waals surface area contributed by atoms with Crippen molar-refractivity contribution in [2.24, 2.45) is 0 Å². The maximum Gasteiger partial charge on any atom is 0.340 e. The van der Waals surface area contributed by atoms with Gasteiger partial charge < -0.3 is 9.52 Å². The number of benzene rings is 2. The highest BCUT2D eigenvalue weighted by molar-refractivity contribution is 7.74. The number of nitrogens with zero attached hydrogens (tertiary/aromatic N) is 1. The molecule has 1 aliphatic rings. The van der Waals surface area contributed by atoms with E-state index in [4.69, 9.17) is 24.9 Å². The van der Waals surface area contributed by atoms with E-state index < -0.39 is 17.3 Å². The van der Waals surface area contributed by atoms with Crippen molar-refractivity contribution in [3.8, 4) is 11.3 Å². The van der Waals surface area contributed by atoms with Crippen molar-refractivity contribution >= 4 is 45.6 Å². The van der Waals surface area contributed by atoms with Crippen molar-refractivity contribution in [2.45, 2.75) is 18.8 Å². The van der Waals surface area contributed by atoms with Gasteiger partial charge >= 0.3 is 17.3 Å². The van der Waals surface area contributed by atoms with Crippen LogP contribution < -0.4 is 5.06 Å². The average molecular weight is 422 g/mol. The number of halogens is 1. The molecule has 0 radical (unpaired) electrons. The van der Waals surface area contributed by atoms with Gasteiger partial charge in [0.25, 0.3) is 0 Å². The van der Waals surface area contributed by atoms with Crippen molar-refractivity contribution < 1.29 is 27.4 Å². The Kier molecular flexibility index (Phi) is 4.88. The first-order chi connectivity index (χ1) is 13.3. The van der Waals surface area contributed by atoms with E-state index in [1.165, 1.54) is 12.1 Å². The fourth-order valence-electron chi connectivity index (χ4n) is 3.30. The highest BCUT2D eigenvalue weighted by Gasteiger charge is 2.31. The summed E-state index contributed by atoms with van der Waals surface area (Å²) in [6, 6.07) is 10.1. The lowest BCUT2D eigenvalue weighted by molar-refractivity contribution is 0.0699. The lowest BCUT2D eigenvalue weighted by Gasteiger charge is -2.19. The first kappa shape index (κ1) is 18.9. The van der Waals surface area contributed by atoms with Crippen LogP contribution in [0.3, 0.4) is 0 Å². The molecule has 0 bridgehead atoms. The van der Waals surface area contributed by atoms with Gasteiger partial charge in [-0.1, -0.05) is 11.6 Å². The Bertz CT molecular complexity index is 1090. The largest absolute Gasteiger partial charge is 0.478 e. The van der Waals surface area contributed by atoms with E-state index in [2.05, 4.69) is 0 Å². The predicted octanol–water partition coefficient (Wildman–Crippen LogP) is 4.83. The molecular formula is C19H16ClNO6S. The van der Waals surface area contributed by atoms with Crippen LogP contribution in [0, 0.1) is 0 Å². The number of fused-ring (bicyclic) bond motifs is 1. The summed E-state index contributed by atoms with van der Waals surface area (Å²) in [5.41, 5.74) is 2.42. The van der Waals surface area contributed by atoms with Crippen LogP contribution in [0.2, 0.25) is 5.02 Å². The third-order valence-electron chi connectivity index (χ3n) is 4.69. The Morgan fingerprint density at radius 3 is 2.54 bits per heavy atom. The van der Waals surface area contributed by atoms with Crippen LogP contribution in [0.5, 0.6) is 0 Å². The molecule has 1 atom stereocenters. The zero-order chi connectivity index (χ0) is 20.0. The van der Waals surface area contributed by atoms with Crippen molar-refractivity contribution in [1.82, 2.24) is 0 Å². The van der Waals surface area contributed by atoms with Gasteiger partial charge in [0.15, 0.2) is 0 Å². The van der Waals surface area contributed by atoms with E-state index in [0.717, 1.165) is 18.4 Å². The number of anilines is 1. The molecule has 2 aromatic carbocycles. The van der Waals surface area contributed by atoms with Crippen LogP contribution in [0.1, 0.15) is 34.7 Å². The topological polar surface area (TPSA) is 100 Å². The quantitative estimate of drug-likeness (QED) is 0.434. The number of aromatic carboxylic acids is 1. The van der Waals surface area contributed by atoms with E-state index in [9.17, 15) is 14.1 Å². The highest BCUT2D eigenvalue weighted by atomic mass is 35.5. The summed E-state index contributed by atoms with van der Waals surface area (Å²) >= 11 is 3.45. The van der Waals surface area contributed by atoms with Gasteiger partial charge in [-0.2, -0.15) is 4.21 Å². The van der Waals surface area contributed by atoms with E-state index in [-0.39, 0.29) is 17.2 Å². The number of carboxylic acid groups (broad SMARTS) is 1. The molecule has 1 aliphatic carbocycles. The predicted molar refractivity (Wildman–Crippen MR) is 106 cm³/mol. The summed E-state index contributed by atoms with van der Waals surface area (Å²) < 4.78 is 30.8. The summed E-state index contributed by atoms with van der Waals surface area (Å²) in [7, 11) is 1.52. The second-order valence-electron chi connectivity index (χ2n) is 6.59. The number of hydrogen-bond donors (Lipinski definition) is 2. The van der Waals surface area contributed by atoms with Crippen molar-refractivity contribution in [3.63, 3.8) is 0 Å². The van der Waals surface area contributed by atoms with E-state index in [0.29, 0.717) is 27.2 Å².